The Morgan fingerprint density at radius 2 is 2.13 bits per heavy atom. The summed E-state index contributed by atoms with van der Waals surface area (Å²) in [5.74, 6) is 0. The molecule has 3 aromatic heterocycles. The van der Waals surface area contributed by atoms with Crippen molar-refractivity contribution in [3.8, 4) is 17.3 Å². The Kier molecular flexibility index (Phi) is 4.29. The Balaban J connectivity index is 1.69. The van der Waals surface area contributed by atoms with Crippen molar-refractivity contribution >= 4 is 27.5 Å². The lowest BCUT2D eigenvalue weighted by atomic mass is 9.87. The average Bonchev–Trinajstić information content (AvgIpc) is 3.24. The summed E-state index contributed by atoms with van der Waals surface area (Å²) in [6.07, 6.45) is 15.4. The second-order valence-electron chi connectivity index (χ2n) is 7.51. The van der Waals surface area contributed by atoms with Gasteiger partial charge in [0.1, 0.15) is 11.8 Å². The number of aromatic amines is 1. The zero-order valence-electron chi connectivity index (χ0n) is 16.6. The maximum Gasteiger partial charge on any atom is 0.103 e. The molecule has 146 valence electrons. The standard InChI is InChI=1S/C24H20N6/c1-2-24(9-4-3-5-10-24)28-22-17(13-25)14-27-20-7-6-16(12-19(20)22)23-18-8-11-26-15-21(18)29-30-23/h3-9,11-12,14-15H,2,10H2,1H3,(H,27,28)(H,29,30). The Morgan fingerprint density at radius 3 is 2.93 bits per heavy atom. The molecule has 0 radical (unpaired) electrons. The van der Waals surface area contributed by atoms with Crippen LogP contribution < -0.4 is 5.32 Å². The number of benzene rings is 1. The zero-order valence-corrected chi connectivity index (χ0v) is 16.6. The summed E-state index contributed by atoms with van der Waals surface area (Å²) in [5.41, 5.74) is 4.66. The van der Waals surface area contributed by atoms with Crippen LogP contribution in [0.4, 0.5) is 5.69 Å². The van der Waals surface area contributed by atoms with Gasteiger partial charge in [-0.3, -0.25) is 15.1 Å². The maximum absolute atomic E-state index is 9.77. The van der Waals surface area contributed by atoms with Crippen LogP contribution >= 0.6 is 0 Å². The number of anilines is 1. The third-order valence-electron chi connectivity index (χ3n) is 5.78. The molecule has 0 fully saturated rings. The molecule has 4 aromatic rings. The molecular formula is C24H20N6. The first-order valence-electron chi connectivity index (χ1n) is 9.97. The molecule has 5 rings (SSSR count). The number of pyridine rings is 2. The van der Waals surface area contributed by atoms with Crippen LogP contribution in [0.15, 0.2) is 67.2 Å². The molecule has 0 bridgehead atoms. The minimum atomic E-state index is -0.227. The number of nitrogens with one attached hydrogen (secondary N) is 2. The maximum atomic E-state index is 9.77. The molecule has 2 N–H and O–H groups in total. The third-order valence-corrected chi connectivity index (χ3v) is 5.78. The van der Waals surface area contributed by atoms with Gasteiger partial charge in [0, 0.05) is 28.7 Å². The summed E-state index contributed by atoms with van der Waals surface area (Å²) in [5, 5.41) is 22.9. The molecule has 1 aliphatic rings. The molecular weight excluding hydrogens is 372 g/mol. The highest BCUT2D eigenvalue weighted by Gasteiger charge is 2.27. The Hall–Kier alpha value is -3.98. The quantitative estimate of drug-likeness (QED) is 0.503. The van der Waals surface area contributed by atoms with E-state index in [0.717, 1.165) is 51.6 Å². The van der Waals surface area contributed by atoms with Gasteiger partial charge < -0.3 is 5.32 Å². The van der Waals surface area contributed by atoms with Crippen molar-refractivity contribution < 1.29 is 0 Å². The highest BCUT2D eigenvalue weighted by molar-refractivity contribution is 6.00. The van der Waals surface area contributed by atoms with Crippen LogP contribution in [0.2, 0.25) is 0 Å². The van der Waals surface area contributed by atoms with Gasteiger partial charge in [0.05, 0.1) is 34.0 Å². The second kappa shape index (κ2) is 7.12. The number of nitrogens with zero attached hydrogens (tertiary/aromatic N) is 4. The fourth-order valence-electron chi connectivity index (χ4n) is 4.00. The number of aromatic nitrogens is 4. The van der Waals surface area contributed by atoms with Crippen molar-refractivity contribution in [3.05, 3.63) is 72.7 Å². The van der Waals surface area contributed by atoms with E-state index in [0.29, 0.717) is 5.56 Å². The van der Waals surface area contributed by atoms with Crippen LogP contribution in [0.5, 0.6) is 0 Å². The van der Waals surface area contributed by atoms with Gasteiger partial charge in [0.25, 0.3) is 0 Å². The normalized spacial score (nSPS) is 18.0. The molecule has 3 heterocycles. The summed E-state index contributed by atoms with van der Waals surface area (Å²) in [6.45, 7) is 2.15. The lowest BCUT2D eigenvalue weighted by molar-refractivity contribution is 0.558. The monoisotopic (exact) mass is 392 g/mol. The molecule has 30 heavy (non-hydrogen) atoms. The molecule has 0 amide bonds. The van der Waals surface area contributed by atoms with E-state index in [1.165, 1.54) is 0 Å². The first-order valence-corrected chi connectivity index (χ1v) is 9.97. The van der Waals surface area contributed by atoms with Crippen LogP contribution in [0.1, 0.15) is 25.3 Å². The van der Waals surface area contributed by atoms with E-state index in [9.17, 15) is 5.26 Å². The summed E-state index contributed by atoms with van der Waals surface area (Å²) >= 11 is 0. The minimum absolute atomic E-state index is 0.227. The van der Waals surface area contributed by atoms with Crippen molar-refractivity contribution in [2.45, 2.75) is 25.3 Å². The number of H-pyrrole nitrogens is 1. The molecule has 0 saturated carbocycles. The highest BCUT2D eigenvalue weighted by Crippen LogP contribution is 2.35. The van der Waals surface area contributed by atoms with Crippen LogP contribution in [0.25, 0.3) is 33.1 Å². The molecule has 1 aromatic carbocycles. The predicted octanol–water partition coefficient (Wildman–Crippen LogP) is 5.12. The number of nitriles is 1. The molecule has 0 aliphatic heterocycles. The molecule has 1 unspecified atom stereocenters. The van der Waals surface area contributed by atoms with E-state index in [1.54, 1.807) is 18.6 Å². The lowest BCUT2D eigenvalue weighted by Crippen LogP contribution is -2.36. The van der Waals surface area contributed by atoms with E-state index in [-0.39, 0.29) is 5.54 Å². The van der Waals surface area contributed by atoms with Crippen molar-refractivity contribution in [2.75, 3.05) is 5.32 Å². The molecule has 0 saturated heterocycles. The van der Waals surface area contributed by atoms with Gasteiger partial charge in [-0.25, -0.2) is 0 Å². The average molecular weight is 392 g/mol. The molecule has 0 spiro atoms. The lowest BCUT2D eigenvalue weighted by Gasteiger charge is -2.33. The number of fused-ring (bicyclic) bond motifs is 2. The number of allylic oxidation sites excluding steroid dienone is 2. The summed E-state index contributed by atoms with van der Waals surface area (Å²) < 4.78 is 0. The van der Waals surface area contributed by atoms with E-state index < -0.39 is 0 Å². The fraction of sp³-hybridized carbons (Fsp3) is 0.167. The Morgan fingerprint density at radius 1 is 1.20 bits per heavy atom. The van der Waals surface area contributed by atoms with E-state index in [4.69, 9.17) is 0 Å². The summed E-state index contributed by atoms with van der Waals surface area (Å²) in [4.78, 5) is 8.66. The van der Waals surface area contributed by atoms with Crippen LogP contribution in [0, 0.1) is 11.3 Å². The Labute approximate surface area is 174 Å². The van der Waals surface area contributed by atoms with E-state index in [2.05, 4.69) is 68.8 Å². The van der Waals surface area contributed by atoms with Gasteiger partial charge >= 0.3 is 0 Å². The van der Waals surface area contributed by atoms with Crippen molar-refractivity contribution in [1.29, 1.82) is 5.26 Å². The number of hydrogen-bond acceptors (Lipinski definition) is 5. The number of hydrogen-bond donors (Lipinski definition) is 2. The minimum Gasteiger partial charge on any atom is -0.374 e. The number of rotatable bonds is 4. The zero-order chi connectivity index (χ0) is 20.6. The van der Waals surface area contributed by atoms with Gasteiger partial charge in [-0.1, -0.05) is 37.3 Å². The molecule has 1 aliphatic carbocycles. The topological polar surface area (TPSA) is 90.3 Å². The SMILES string of the molecule is CCC1(Nc2c(C#N)cnc3ccc(-c4n[nH]c5cnccc45)cc23)C=CC=CC1. The van der Waals surface area contributed by atoms with Gasteiger partial charge in [0.2, 0.25) is 0 Å². The molecule has 6 nitrogen and oxygen atoms in total. The molecule has 1 atom stereocenters. The van der Waals surface area contributed by atoms with Gasteiger partial charge in [-0.05, 0) is 31.0 Å². The Bertz CT molecular complexity index is 1360. The highest BCUT2D eigenvalue weighted by atomic mass is 15.1. The fourth-order valence-corrected chi connectivity index (χ4v) is 4.00. The van der Waals surface area contributed by atoms with E-state index in [1.807, 2.05) is 18.2 Å². The van der Waals surface area contributed by atoms with Crippen LogP contribution in [-0.4, -0.2) is 25.7 Å². The molecule has 6 heteroatoms. The first kappa shape index (κ1) is 18.1. The van der Waals surface area contributed by atoms with Gasteiger partial charge in [0.15, 0.2) is 0 Å². The van der Waals surface area contributed by atoms with Crippen molar-refractivity contribution in [3.63, 3.8) is 0 Å². The second-order valence-corrected chi connectivity index (χ2v) is 7.51. The van der Waals surface area contributed by atoms with Crippen LogP contribution in [-0.2, 0) is 0 Å². The van der Waals surface area contributed by atoms with Gasteiger partial charge in [-0.2, -0.15) is 10.4 Å². The van der Waals surface area contributed by atoms with E-state index >= 15 is 0 Å². The van der Waals surface area contributed by atoms with Crippen molar-refractivity contribution in [1.82, 2.24) is 20.2 Å². The van der Waals surface area contributed by atoms with Crippen LogP contribution in [0.3, 0.4) is 0 Å². The smallest absolute Gasteiger partial charge is 0.103 e. The predicted molar refractivity (Wildman–Crippen MR) is 119 cm³/mol. The first-order chi connectivity index (χ1) is 14.7. The summed E-state index contributed by atoms with van der Waals surface area (Å²) in [6, 6.07) is 10.3. The third kappa shape index (κ3) is 2.92. The largest absolute Gasteiger partial charge is 0.374 e. The summed E-state index contributed by atoms with van der Waals surface area (Å²) in [7, 11) is 0. The van der Waals surface area contributed by atoms with Crippen molar-refractivity contribution in [2.24, 2.45) is 0 Å². The van der Waals surface area contributed by atoms with Gasteiger partial charge in [-0.15, -0.1) is 0 Å².